The van der Waals surface area contributed by atoms with E-state index in [2.05, 4.69) is 35.8 Å². The molecule has 0 amide bonds. The van der Waals surface area contributed by atoms with Gasteiger partial charge in [0.25, 0.3) is 10.0 Å². The molecule has 1 N–H and O–H groups in total. The van der Waals surface area contributed by atoms with Crippen LogP contribution in [-0.4, -0.2) is 36.5 Å². The van der Waals surface area contributed by atoms with Crippen LogP contribution in [0.3, 0.4) is 0 Å². The Kier molecular flexibility index (Phi) is 6.11. The second kappa shape index (κ2) is 8.32. The number of benzene rings is 2. The van der Waals surface area contributed by atoms with E-state index in [1.54, 1.807) is 37.3 Å². The van der Waals surface area contributed by atoms with Gasteiger partial charge >= 0.3 is 5.97 Å². The van der Waals surface area contributed by atoms with Crippen molar-refractivity contribution in [3.63, 3.8) is 0 Å². The minimum Gasteiger partial charge on any atom is -0.464 e. The number of nitrogens with one attached hydrogen (secondary N) is 1. The first-order valence-electron chi connectivity index (χ1n) is 9.38. The van der Waals surface area contributed by atoms with Gasteiger partial charge in [0.05, 0.1) is 29.1 Å². The first-order chi connectivity index (χ1) is 14.4. The van der Waals surface area contributed by atoms with Gasteiger partial charge in [0.1, 0.15) is 0 Å². The van der Waals surface area contributed by atoms with Crippen molar-refractivity contribution in [3.05, 3.63) is 64.4 Å². The Morgan fingerprint density at radius 3 is 2.35 bits per heavy atom. The minimum atomic E-state index is -3.89. The SMILES string of the molecule is COC(=O)c1nnn(-c2cc(Cl)ccc2NS(=O)(=O)c2ccc(C(C)(C)C)cc2)c1C. The van der Waals surface area contributed by atoms with Crippen LogP contribution in [0.1, 0.15) is 42.5 Å². The van der Waals surface area contributed by atoms with Gasteiger partial charge in [-0.05, 0) is 48.2 Å². The van der Waals surface area contributed by atoms with E-state index in [4.69, 9.17) is 16.3 Å². The number of carbonyl (C=O) groups is 1. The normalized spacial score (nSPS) is 11.9. The van der Waals surface area contributed by atoms with Gasteiger partial charge in [-0.15, -0.1) is 5.10 Å². The molecule has 1 heterocycles. The van der Waals surface area contributed by atoms with E-state index in [1.165, 1.54) is 23.9 Å². The Bertz CT molecular complexity index is 1230. The summed E-state index contributed by atoms with van der Waals surface area (Å²) in [7, 11) is -2.65. The van der Waals surface area contributed by atoms with Crippen LogP contribution in [-0.2, 0) is 20.2 Å². The lowest BCUT2D eigenvalue weighted by Crippen LogP contribution is -2.16. The highest BCUT2D eigenvalue weighted by Gasteiger charge is 2.22. The molecule has 164 valence electrons. The van der Waals surface area contributed by atoms with E-state index in [9.17, 15) is 13.2 Å². The predicted molar refractivity (Wildman–Crippen MR) is 118 cm³/mol. The van der Waals surface area contributed by atoms with Crippen LogP contribution in [0, 0.1) is 6.92 Å². The number of halogens is 1. The molecule has 0 aliphatic heterocycles. The second-order valence-corrected chi connectivity index (χ2v) is 10.1. The van der Waals surface area contributed by atoms with Gasteiger partial charge < -0.3 is 4.74 Å². The Balaban J connectivity index is 2.01. The van der Waals surface area contributed by atoms with E-state index >= 15 is 0 Å². The number of hydrogen-bond donors (Lipinski definition) is 1. The maximum atomic E-state index is 13.0. The van der Waals surface area contributed by atoms with E-state index in [-0.39, 0.29) is 21.7 Å². The molecule has 0 aliphatic carbocycles. The first kappa shape index (κ1) is 22.8. The molecule has 0 fully saturated rings. The average Bonchev–Trinajstić information content (AvgIpc) is 3.09. The monoisotopic (exact) mass is 462 g/mol. The molecule has 1 aromatic heterocycles. The Morgan fingerprint density at radius 2 is 1.77 bits per heavy atom. The summed E-state index contributed by atoms with van der Waals surface area (Å²) in [5, 5.41) is 8.17. The smallest absolute Gasteiger partial charge is 0.360 e. The van der Waals surface area contributed by atoms with Gasteiger partial charge in [0, 0.05) is 5.02 Å². The molecule has 0 aliphatic rings. The zero-order valence-electron chi connectivity index (χ0n) is 17.8. The van der Waals surface area contributed by atoms with Gasteiger partial charge in [0.15, 0.2) is 5.69 Å². The third-order valence-electron chi connectivity index (χ3n) is 4.74. The fraction of sp³-hybridized carbons (Fsp3) is 0.286. The van der Waals surface area contributed by atoms with Crippen molar-refractivity contribution in [2.24, 2.45) is 0 Å². The number of sulfonamides is 1. The molecule has 3 aromatic rings. The number of anilines is 1. The van der Waals surface area contributed by atoms with Crippen molar-refractivity contribution in [1.29, 1.82) is 0 Å². The lowest BCUT2D eigenvalue weighted by molar-refractivity contribution is 0.0593. The van der Waals surface area contributed by atoms with Crippen molar-refractivity contribution in [2.45, 2.75) is 38.0 Å². The van der Waals surface area contributed by atoms with E-state index in [0.717, 1.165) is 5.56 Å². The summed E-state index contributed by atoms with van der Waals surface area (Å²) in [4.78, 5) is 12.0. The van der Waals surface area contributed by atoms with Crippen LogP contribution >= 0.6 is 11.6 Å². The molecule has 10 heteroatoms. The fourth-order valence-electron chi connectivity index (χ4n) is 2.95. The van der Waals surface area contributed by atoms with E-state index < -0.39 is 16.0 Å². The third kappa shape index (κ3) is 4.72. The topological polar surface area (TPSA) is 103 Å². The largest absolute Gasteiger partial charge is 0.464 e. The number of carbonyl (C=O) groups excluding carboxylic acids is 1. The zero-order valence-corrected chi connectivity index (χ0v) is 19.4. The van der Waals surface area contributed by atoms with Crippen LogP contribution < -0.4 is 4.72 Å². The number of ether oxygens (including phenoxy) is 1. The summed E-state index contributed by atoms with van der Waals surface area (Å²) in [5.74, 6) is -0.646. The van der Waals surface area contributed by atoms with Crippen LogP contribution in [0.15, 0.2) is 47.4 Å². The molecule has 0 saturated heterocycles. The maximum Gasteiger partial charge on any atom is 0.360 e. The molecule has 0 saturated carbocycles. The van der Waals surface area contributed by atoms with E-state index in [0.29, 0.717) is 16.4 Å². The Morgan fingerprint density at radius 1 is 1.13 bits per heavy atom. The van der Waals surface area contributed by atoms with Crippen molar-refractivity contribution < 1.29 is 17.9 Å². The quantitative estimate of drug-likeness (QED) is 0.572. The molecule has 3 rings (SSSR count). The number of methoxy groups -OCH3 is 1. The highest BCUT2D eigenvalue weighted by atomic mass is 35.5. The van der Waals surface area contributed by atoms with Gasteiger partial charge in [-0.3, -0.25) is 4.72 Å². The number of hydrogen-bond acceptors (Lipinski definition) is 6. The summed E-state index contributed by atoms with van der Waals surface area (Å²) in [6, 6.07) is 11.3. The molecular weight excluding hydrogens is 440 g/mol. The Labute approximate surface area is 186 Å². The molecule has 0 radical (unpaired) electrons. The number of nitrogens with zero attached hydrogens (tertiary/aromatic N) is 3. The van der Waals surface area contributed by atoms with Crippen molar-refractivity contribution in [2.75, 3.05) is 11.8 Å². The third-order valence-corrected chi connectivity index (χ3v) is 6.35. The summed E-state index contributed by atoms with van der Waals surface area (Å²) >= 11 is 6.13. The molecule has 0 atom stereocenters. The van der Waals surface area contributed by atoms with Gasteiger partial charge in [-0.25, -0.2) is 17.9 Å². The van der Waals surface area contributed by atoms with Crippen molar-refractivity contribution >= 4 is 33.3 Å². The maximum absolute atomic E-state index is 13.0. The first-order valence-corrected chi connectivity index (χ1v) is 11.2. The molecule has 8 nitrogen and oxygen atoms in total. The molecule has 31 heavy (non-hydrogen) atoms. The van der Waals surface area contributed by atoms with Gasteiger partial charge in [-0.1, -0.05) is 49.7 Å². The van der Waals surface area contributed by atoms with Crippen LogP contribution in [0.5, 0.6) is 0 Å². The lowest BCUT2D eigenvalue weighted by Gasteiger charge is -2.19. The molecule has 0 unspecified atom stereocenters. The highest BCUT2D eigenvalue weighted by molar-refractivity contribution is 7.92. The number of rotatable bonds is 5. The molecule has 0 spiro atoms. The van der Waals surface area contributed by atoms with E-state index in [1.807, 2.05) is 0 Å². The molecule has 0 bridgehead atoms. The molecule has 2 aromatic carbocycles. The standard InChI is InChI=1S/C21H23ClN4O4S/c1-13-19(20(27)30-5)23-25-26(13)18-12-15(22)8-11-17(18)24-31(28,29)16-9-6-14(7-10-16)21(2,3)4/h6-12,24H,1-5H3. The number of aromatic nitrogens is 3. The summed E-state index contributed by atoms with van der Waals surface area (Å²) < 4.78 is 34.6. The zero-order chi connectivity index (χ0) is 23.0. The summed E-state index contributed by atoms with van der Waals surface area (Å²) in [5.41, 5.74) is 1.88. The lowest BCUT2D eigenvalue weighted by atomic mass is 9.87. The molecular formula is C21H23ClN4O4S. The predicted octanol–water partition coefficient (Wildman–Crippen LogP) is 4.11. The fourth-order valence-corrected chi connectivity index (χ4v) is 4.19. The second-order valence-electron chi connectivity index (χ2n) is 7.97. The van der Waals surface area contributed by atoms with Crippen LogP contribution in [0.25, 0.3) is 5.69 Å². The van der Waals surface area contributed by atoms with Crippen LogP contribution in [0.2, 0.25) is 5.02 Å². The Hall–Kier alpha value is -2.91. The average molecular weight is 463 g/mol. The van der Waals surface area contributed by atoms with Crippen molar-refractivity contribution in [3.8, 4) is 5.69 Å². The van der Waals surface area contributed by atoms with Gasteiger partial charge in [-0.2, -0.15) is 0 Å². The van der Waals surface area contributed by atoms with Crippen molar-refractivity contribution in [1.82, 2.24) is 15.0 Å². The minimum absolute atomic E-state index is 0.0223. The van der Waals surface area contributed by atoms with Crippen LogP contribution in [0.4, 0.5) is 5.69 Å². The summed E-state index contributed by atoms with van der Waals surface area (Å²) in [6.45, 7) is 7.78. The number of esters is 1. The highest BCUT2D eigenvalue weighted by Crippen LogP contribution is 2.29. The summed E-state index contributed by atoms with van der Waals surface area (Å²) in [6.07, 6.45) is 0. The van der Waals surface area contributed by atoms with Gasteiger partial charge in [0.2, 0.25) is 0 Å².